The van der Waals surface area contributed by atoms with Crippen LogP contribution in [0.4, 0.5) is 0 Å². The fourth-order valence-corrected chi connectivity index (χ4v) is 1.23. The summed E-state index contributed by atoms with van der Waals surface area (Å²) in [4.78, 5) is 10.6. The van der Waals surface area contributed by atoms with Crippen molar-refractivity contribution in [3.8, 4) is 5.75 Å². The van der Waals surface area contributed by atoms with Crippen LogP contribution in [0.15, 0.2) is 12.1 Å². The third-order valence-corrected chi connectivity index (χ3v) is 2.36. The van der Waals surface area contributed by atoms with Crippen LogP contribution in [0.2, 0.25) is 5.02 Å². The van der Waals surface area contributed by atoms with E-state index in [1.165, 1.54) is 12.1 Å². The van der Waals surface area contributed by atoms with Crippen LogP contribution in [0.25, 0.3) is 0 Å². The average molecular weight is 216 g/mol. The maximum atomic E-state index is 10.6. The highest BCUT2D eigenvalue weighted by atomic mass is 35.5. The van der Waals surface area contributed by atoms with E-state index in [-0.39, 0.29) is 11.3 Å². The normalized spacial score (nSPS) is 12.5. The number of phenols is 1. The number of benzene rings is 1. The van der Waals surface area contributed by atoms with Crippen molar-refractivity contribution in [1.29, 1.82) is 0 Å². The van der Waals surface area contributed by atoms with Crippen LogP contribution in [0.1, 0.15) is 17.2 Å². The van der Waals surface area contributed by atoms with Gasteiger partial charge in [0.25, 0.3) is 0 Å². The van der Waals surface area contributed by atoms with Crippen LogP contribution < -0.4 is 5.73 Å². The number of aromatic hydroxyl groups is 1. The number of halogens is 1. The van der Waals surface area contributed by atoms with Crippen molar-refractivity contribution in [1.82, 2.24) is 0 Å². The zero-order valence-electron chi connectivity index (χ0n) is 7.49. The first-order chi connectivity index (χ1) is 6.43. The first-order valence-electron chi connectivity index (χ1n) is 3.91. The van der Waals surface area contributed by atoms with Gasteiger partial charge in [0, 0.05) is 10.6 Å². The molecule has 0 aromatic heterocycles. The number of aliphatic carboxylic acids is 1. The molecule has 0 heterocycles. The summed E-state index contributed by atoms with van der Waals surface area (Å²) >= 11 is 5.76. The summed E-state index contributed by atoms with van der Waals surface area (Å²) in [5.41, 5.74) is 6.15. The Morgan fingerprint density at radius 1 is 1.57 bits per heavy atom. The average Bonchev–Trinajstić information content (AvgIpc) is 2.12. The van der Waals surface area contributed by atoms with E-state index in [1.807, 2.05) is 0 Å². The summed E-state index contributed by atoms with van der Waals surface area (Å²) in [5.74, 6) is -1.21. The largest absolute Gasteiger partial charge is 0.508 e. The Bertz CT molecular complexity index is 355. The molecule has 1 rings (SSSR count). The van der Waals surface area contributed by atoms with Crippen LogP contribution in [0, 0.1) is 6.92 Å². The highest BCUT2D eigenvalue weighted by molar-refractivity contribution is 6.31. The Balaban J connectivity index is 3.19. The van der Waals surface area contributed by atoms with E-state index >= 15 is 0 Å². The Morgan fingerprint density at radius 3 is 2.57 bits per heavy atom. The summed E-state index contributed by atoms with van der Waals surface area (Å²) in [7, 11) is 0. The zero-order valence-corrected chi connectivity index (χ0v) is 8.25. The SMILES string of the molecule is Cc1c(O)cc(C(N)C(=O)O)cc1Cl. The van der Waals surface area contributed by atoms with Gasteiger partial charge in [-0.05, 0) is 24.6 Å². The van der Waals surface area contributed by atoms with Gasteiger partial charge in [-0.3, -0.25) is 4.79 Å². The van der Waals surface area contributed by atoms with Gasteiger partial charge < -0.3 is 15.9 Å². The van der Waals surface area contributed by atoms with Crippen molar-refractivity contribution >= 4 is 17.6 Å². The maximum Gasteiger partial charge on any atom is 0.325 e. The predicted molar refractivity (Wildman–Crippen MR) is 52.4 cm³/mol. The van der Waals surface area contributed by atoms with Gasteiger partial charge in [0.2, 0.25) is 0 Å². The Hall–Kier alpha value is -1.26. The summed E-state index contributed by atoms with van der Waals surface area (Å²) < 4.78 is 0. The van der Waals surface area contributed by atoms with Crippen LogP contribution in [0.5, 0.6) is 5.75 Å². The minimum atomic E-state index is -1.17. The summed E-state index contributed by atoms with van der Waals surface area (Å²) in [6, 6.07) is 1.58. The lowest BCUT2D eigenvalue weighted by Gasteiger charge is -2.09. The van der Waals surface area contributed by atoms with E-state index in [9.17, 15) is 9.90 Å². The van der Waals surface area contributed by atoms with Crippen LogP contribution in [-0.2, 0) is 4.79 Å². The van der Waals surface area contributed by atoms with E-state index in [4.69, 9.17) is 22.4 Å². The molecule has 76 valence electrons. The van der Waals surface area contributed by atoms with Crippen molar-refractivity contribution in [2.24, 2.45) is 5.73 Å². The van der Waals surface area contributed by atoms with Crippen molar-refractivity contribution in [2.45, 2.75) is 13.0 Å². The quantitative estimate of drug-likeness (QED) is 0.697. The minimum Gasteiger partial charge on any atom is -0.508 e. The molecular weight excluding hydrogens is 206 g/mol. The number of phenolic OH excluding ortho intramolecular Hbond substituents is 1. The van der Waals surface area contributed by atoms with Gasteiger partial charge in [0.15, 0.2) is 0 Å². The highest BCUT2D eigenvalue weighted by Crippen LogP contribution is 2.28. The molecule has 0 aliphatic carbocycles. The molecule has 14 heavy (non-hydrogen) atoms. The number of nitrogens with two attached hydrogens (primary N) is 1. The van der Waals surface area contributed by atoms with Crippen molar-refractivity contribution in [2.75, 3.05) is 0 Å². The summed E-state index contributed by atoms with van der Waals surface area (Å²) in [5, 5.41) is 18.3. The molecule has 4 N–H and O–H groups in total. The molecule has 4 nitrogen and oxygen atoms in total. The first kappa shape index (κ1) is 10.8. The maximum absolute atomic E-state index is 10.6. The molecular formula is C9H10ClNO3. The molecule has 1 aromatic rings. The molecule has 0 saturated heterocycles. The second kappa shape index (κ2) is 3.86. The smallest absolute Gasteiger partial charge is 0.325 e. The molecule has 1 unspecified atom stereocenters. The number of carboxylic acid groups (broad SMARTS) is 1. The molecule has 5 heteroatoms. The number of hydrogen-bond donors (Lipinski definition) is 3. The van der Waals surface area contributed by atoms with Crippen LogP contribution in [-0.4, -0.2) is 16.2 Å². The summed E-state index contributed by atoms with van der Waals surface area (Å²) in [6.45, 7) is 1.63. The fraction of sp³-hybridized carbons (Fsp3) is 0.222. The Kier molecular flexibility index (Phi) is 2.98. The molecule has 0 fully saturated rings. The number of hydrogen-bond acceptors (Lipinski definition) is 3. The van der Waals surface area contributed by atoms with Crippen molar-refractivity contribution in [3.63, 3.8) is 0 Å². The van der Waals surface area contributed by atoms with E-state index < -0.39 is 12.0 Å². The second-order valence-corrected chi connectivity index (χ2v) is 3.37. The van der Waals surface area contributed by atoms with E-state index in [1.54, 1.807) is 6.92 Å². The monoisotopic (exact) mass is 215 g/mol. The topological polar surface area (TPSA) is 83.5 Å². The lowest BCUT2D eigenvalue weighted by molar-refractivity contribution is -0.138. The van der Waals surface area contributed by atoms with Crippen LogP contribution >= 0.6 is 11.6 Å². The number of carboxylic acids is 1. The molecule has 1 atom stereocenters. The third kappa shape index (κ3) is 1.97. The first-order valence-corrected chi connectivity index (χ1v) is 4.28. The second-order valence-electron chi connectivity index (χ2n) is 2.96. The molecule has 0 saturated carbocycles. The minimum absolute atomic E-state index is 0.0517. The number of rotatable bonds is 2. The van der Waals surface area contributed by atoms with Crippen molar-refractivity contribution in [3.05, 3.63) is 28.3 Å². The number of carbonyl (C=O) groups is 1. The van der Waals surface area contributed by atoms with Gasteiger partial charge in [-0.25, -0.2) is 0 Å². The Morgan fingerprint density at radius 2 is 2.14 bits per heavy atom. The zero-order chi connectivity index (χ0) is 10.9. The van der Waals surface area contributed by atoms with Crippen LogP contribution in [0.3, 0.4) is 0 Å². The molecule has 0 spiro atoms. The molecule has 0 radical (unpaired) electrons. The molecule has 1 aromatic carbocycles. The van der Waals surface area contributed by atoms with Gasteiger partial charge in [0.05, 0.1) is 0 Å². The summed E-state index contributed by atoms with van der Waals surface area (Å²) in [6.07, 6.45) is 0. The predicted octanol–water partition coefficient (Wildman–Crippen LogP) is 1.44. The van der Waals surface area contributed by atoms with Gasteiger partial charge in [-0.2, -0.15) is 0 Å². The third-order valence-electron chi connectivity index (χ3n) is 1.96. The molecule has 0 amide bonds. The fourth-order valence-electron chi connectivity index (χ4n) is 1.01. The molecule has 0 aliphatic heterocycles. The van der Waals surface area contributed by atoms with Crippen molar-refractivity contribution < 1.29 is 15.0 Å². The Labute approximate surface area is 85.9 Å². The van der Waals surface area contributed by atoms with E-state index in [0.29, 0.717) is 10.6 Å². The molecule has 0 bridgehead atoms. The molecule has 0 aliphatic rings. The van der Waals surface area contributed by atoms with Gasteiger partial charge >= 0.3 is 5.97 Å². The van der Waals surface area contributed by atoms with E-state index in [2.05, 4.69) is 0 Å². The lowest BCUT2D eigenvalue weighted by atomic mass is 10.1. The van der Waals surface area contributed by atoms with Gasteiger partial charge in [-0.1, -0.05) is 11.6 Å². The van der Waals surface area contributed by atoms with E-state index in [0.717, 1.165) is 0 Å². The standard InChI is InChI=1S/C9H10ClNO3/c1-4-6(10)2-5(3-7(4)12)8(11)9(13)14/h2-3,8,12H,11H2,1H3,(H,13,14). The highest BCUT2D eigenvalue weighted by Gasteiger charge is 2.16. The van der Waals surface area contributed by atoms with Gasteiger partial charge in [0.1, 0.15) is 11.8 Å². The van der Waals surface area contributed by atoms with Gasteiger partial charge in [-0.15, -0.1) is 0 Å². The lowest BCUT2D eigenvalue weighted by Crippen LogP contribution is -2.20.